The van der Waals surface area contributed by atoms with Crippen LogP contribution < -0.4 is 16.4 Å². The first-order chi connectivity index (χ1) is 37.9. The quantitative estimate of drug-likeness (QED) is 0.0141. The molecule has 78 heavy (non-hydrogen) atoms. The van der Waals surface area contributed by atoms with Crippen molar-refractivity contribution in [3.8, 4) is 0 Å². The van der Waals surface area contributed by atoms with Crippen molar-refractivity contribution >= 4 is 69.0 Å². The standard InChI is InChI=1S/3C20H30N4O2/c3*1-4-7-8-19-21-17-15-16(10-12-20(25)22-26)9-11-18(17)24(19)14-13-23(5-2)6-3/h3*9-12,15,26H,4-8,13-14H2,1-3H3,(H,22,25)/b3*12-10+. The monoisotopic (exact) mass is 1070 g/mol. The lowest BCUT2D eigenvalue weighted by molar-refractivity contribution is -0.124. The molecule has 6 N–H and O–H groups in total. The van der Waals surface area contributed by atoms with Crippen molar-refractivity contribution in [1.82, 2.24) is 59.8 Å². The van der Waals surface area contributed by atoms with Crippen LogP contribution in [0.15, 0.2) is 72.8 Å². The van der Waals surface area contributed by atoms with Gasteiger partial charge in [0.15, 0.2) is 0 Å². The molecule has 6 rings (SSSR count). The number of nitrogens with zero attached hydrogens (tertiary/aromatic N) is 9. The molecule has 0 saturated heterocycles. The molecule has 0 saturated carbocycles. The van der Waals surface area contributed by atoms with E-state index in [1.165, 1.54) is 18.2 Å². The number of fused-ring (bicyclic) bond motifs is 3. The van der Waals surface area contributed by atoms with E-state index in [0.717, 1.165) is 204 Å². The number of hydrogen-bond acceptors (Lipinski definition) is 12. The summed E-state index contributed by atoms with van der Waals surface area (Å²) >= 11 is 0. The number of likely N-dealkylation sites (N-methyl/N-ethyl adjacent to an activating group) is 3. The van der Waals surface area contributed by atoms with E-state index >= 15 is 0 Å². The van der Waals surface area contributed by atoms with Crippen LogP contribution in [0.2, 0.25) is 0 Å². The summed E-state index contributed by atoms with van der Waals surface area (Å²) in [6.07, 6.45) is 18.6. The third-order valence-corrected chi connectivity index (χ3v) is 14.0. The van der Waals surface area contributed by atoms with Gasteiger partial charge in [0, 0.05) is 76.8 Å². The van der Waals surface area contributed by atoms with E-state index < -0.39 is 17.7 Å². The highest BCUT2D eigenvalue weighted by atomic mass is 16.5. The molecule has 3 amide bonds. The largest absolute Gasteiger partial charge is 0.327 e. The fourth-order valence-corrected chi connectivity index (χ4v) is 9.20. The highest BCUT2D eigenvalue weighted by molar-refractivity contribution is 5.93. The fraction of sp³-hybridized carbons (Fsp3) is 0.500. The van der Waals surface area contributed by atoms with Gasteiger partial charge in [-0.1, -0.05) is 99.8 Å². The molecule has 18 heteroatoms. The highest BCUT2D eigenvalue weighted by Gasteiger charge is 2.15. The van der Waals surface area contributed by atoms with Gasteiger partial charge in [0.1, 0.15) is 17.5 Å². The highest BCUT2D eigenvalue weighted by Crippen LogP contribution is 2.24. The number of nitrogens with one attached hydrogen (secondary N) is 3. The Morgan fingerprint density at radius 1 is 0.436 bits per heavy atom. The number of hydroxylamine groups is 3. The maximum absolute atomic E-state index is 11.2. The number of benzene rings is 3. The molecule has 6 aromatic rings. The van der Waals surface area contributed by atoms with E-state index in [1.54, 1.807) is 34.7 Å². The number of hydrogen-bond donors (Lipinski definition) is 6. The lowest BCUT2D eigenvalue weighted by Gasteiger charge is -2.19. The Morgan fingerprint density at radius 3 is 0.910 bits per heavy atom. The SMILES string of the molecule is CCCCc1nc2cc(/C=C/C(=O)NO)ccc2n1CCN(CC)CC.CCCCc1nc2cc(/C=C/C(=O)NO)ccc2n1CCN(CC)CC.CCCCc1nc2cc(/C=C/C(=O)NO)ccc2n1CCN(CC)CC. The molecule has 0 aliphatic carbocycles. The van der Waals surface area contributed by atoms with Gasteiger partial charge in [0.2, 0.25) is 0 Å². The second kappa shape index (κ2) is 35.1. The first-order valence-electron chi connectivity index (χ1n) is 28.4. The number of aryl methyl sites for hydroxylation is 3. The third kappa shape index (κ3) is 19.7. The topological polar surface area (TPSA) is 211 Å². The van der Waals surface area contributed by atoms with Crippen LogP contribution in [0.25, 0.3) is 51.3 Å². The van der Waals surface area contributed by atoms with Crippen LogP contribution in [0.1, 0.15) is 135 Å². The van der Waals surface area contributed by atoms with Crippen molar-refractivity contribution < 1.29 is 30.0 Å². The predicted octanol–water partition coefficient (Wildman–Crippen LogP) is 9.72. The van der Waals surface area contributed by atoms with E-state index in [1.807, 2.05) is 36.4 Å². The summed E-state index contributed by atoms with van der Waals surface area (Å²) < 4.78 is 6.99. The van der Waals surface area contributed by atoms with Gasteiger partial charge >= 0.3 is 0 Å². The summed E-state index contributed by atoms with van der Waals surface area (Å²) in [5, 5.41) is 25.7. The van der Waals surface area contributed by atoms with Crippen LogP contribution >= 0.6 is 0 Å². The molecular weight excluding hydrogens is 985 g/mol. The summed E-state index contributed by atoms with van der Waals surface area (Å²) in [6.45, 7) is 31.8. The van der Waals surface area contributed by atoms with E-state index in [9.17, 15) is 14.4 Å². The average molecular weight is 1080 g/mol. The number of carbonyl (C=O) groups excluding carboxylic acids is 3. The van der Waals surface area contributed by atoms with Crippen LogP contribution in [0.3, 0.4) is 0 Å². The maximum Gasteiger partial charge on any atom is 0.267 e. The summed E-state index contributed by atoms with van der Waals surface area (Å²) in [7, 11) is 0. The normalized spacial score (nSPS) is 11.7. The maximum atomic E-state index is 11.2. The van der Waals surface area contributed by atoms with Crippen molar-refractivity contribution in [3.05, 3.63) is 107 Å². The van der Waals surface area contributed by atoms with Gasteiger partial charge < -0.3 is 28.4 Å². The molecule has 0 aliphatic rings. The molecule has 0 atom stereocenters. The Labute approximate surface area is 462 Å². The molecule has 426 valence electrons. The van der Waals surface area contributed by atoms with Crippen molar-refractivity contribution in [3.63, 3.8) is 0 Å². The molecule has 0 unspecified atom stereocenters. The smallest absolute Gasteiger partial charge is 0.267 e. The minimum atomic E-state index is -0.543. The van der Waals surface area contributed by atoms with Crippen LogP contribution in [0.5, 0.6) is 0 Å². The summed E-state index contributed by atoms with van der Waals surface area (Å²) in [5.41, 5.74) is 13.7. The molecule has 3 aromatic heterocycles. The van der Waals surface area contributed by atoms with Gasteiger partial charge in [0.05, 0.1) is 33.1 Å². The number of aromatic nitrogens is 6. The van der Waals surface area contributed by atoms with Crippen LogP contribution in [-0.4, -0.2) is 136 Å². The van der Waals surface area contributed by atoms with Gasteiger partial charge in [-0.2, -0.15) is 0 Å². The lowest BCUT2D eigenvalue weighted by atomic mass is 10.2. The van der Waals surface area contributed by atoms with Crippen molar-refractivity contribution in [2.24, 2.45) is 0 Å². The van der Waals surface area contributed by atoms with E-state index in [-0.39, 0.29) is 0 Å². The average Bonchev–Trinajstić information content (AvgIpc) is 4.14. The van der Waals surface area contributed by atoms with Crippen LogP contribution in [-0.2, 0) is 53.3 Å². The van der Waals surface area contributed by atoms with Gasteiger partial charge in [-0.05, 0) is 130 Å². The molecular formula is C60H90N12O6. The zero-order chi connectivity index (χ0) is 56.8. The summed E-state index contributed by atoms with van der Waals surface area (Å²) in [4.78, 5) is 55.3. The minimum Gasteiger partial charge on any atom is -0.327 e. The van der Waals surface area contributed by atoms with Gasteiger partial charge in [-0.15, -0.1) is 0 Å². The number of amides is 3. The summed E-state index contributed by atoms with van der Waals surface area (Å²) in [5.74, 6) is 1.75. The minimum absolute atomic E-state index is 0.543. The Bertz CT molecular complexity index is 2550. The van der Waals surface area contributed by atoms with Gasteiger partial charge in [-0.3, -0.25) is 30.0 Å². The Kier molecular flexibility index (Phi) is 28.8. The Hall–Kier alpha value is -6.54. The zero-order valence-corrected chi connectivity index (χ0v) is 48.1. The Morgan fingerprint density at radius 2 is 0.692 bits per heavy atom. The second-order valence-corrected chi connectivity index (χ2v) is 19.1. The molecule has 18 nitrogen and oxygen atoms in total. The third-order valence-electron chi connectivity index (χ3n) is 14.0. The Balaban J connectivity index is 0.000000252. The molecule has 0 fully saturated rings. The number of rotatable bonds is 30. The van der Waals surface area contributed by atoms with Crippen LogP contribution in [0, 0.1) is 0 Å². The molecule has 0 radical (unpaired) electrons. The molecule has 0 spiro atoms. The van der Waals surface area contributed by atoms with E-state index in [2.05, 4.69) is 109 Å². The lowest BCUT2D eigenvalue weighted by Crippen LogP contribution is -2.27. The van der Waals surface area contributed by atoms with Gasteiger partial charge in [0.25, 0.3) is 17.7 Å². The number of unbranched alkanes of at least 4 members (excludes halogenated alkanes) is 3. The summed E-state index contributed by atoms with van der Waals surface area (Å²) in [6, 6.07) is 18.1. The van der Waals surface area contributed by atoms with E-state index in [0.29, 0.717) is 0 Å². The molecule has 0 bridgehead atoms. The number of imidazole rings is 3. The predicted molar refractivity (Wildman–Crippen MR) is 315 cm³/mol. The van der Waals surface area contributed by atoms with Crippen LogP contribution in [0.4, 0.5) is 0 Å². The number of carbonyl (C=O) groups is 3. The molecule has 3 heterocycles. The van der Waals surface area contributed by atoms with Gasteiger partial charge in [-0.25, -0.2) is 31.4 Å². The second-order valence-electron chi connectivity index (χ2n) is 19.1. The van der Waals surface area contributed by atoms with Crippen molar-refractivity contribution in [2.75, 3.05) is 58.9 Å². The first-order valence-corrected chi connectivity index (χ1v) is 28.4. The first kappa shape index (κ1) is 64.0. The zero-order valence-electron chi connectivity index (χ0n) is 48.1. The van der Waals surface area contributed by atoms with Crippen molar-refractivity contribution in [1.29, 1.82) is 0 Å². The fourth-order valence-electron chi connectivity index (χ4n) is 9.20. The molecule has 0 aliphatic heterocycles. The van der Waals surface area contributed by atoms with Crippen molar-refractivity contribution in [2.45, 2.75) is 140 Å². The van der Waals surface area contributed by atoms with E-state index in [4.69, 9.17) is 30.6 Å². The molecule has 3 aromatic carbocycles.